The van der Waals surface area contributed by atoms with Gasteiger partial charge in [-0.25, -0.2) is 13.1 Å². The minimum Gasteiger partial charge on any atom is -0.359 e. The fourth-order valence-electron chi connectivity index (χ4n) is 3.13. The standard InChI is InChI=1S/C24H27N3O3S2/c1-18(25)16-21(26-20-10-6-3-7-11-20)17-23(28)27-32(29,30)24-15-14-22(31-24)13-12-19-8-4-2-5-9-19/h2-11,14-16,18,26H,12-13,17,25H2,1H3,(H,27,28)/b21-16-. The van der Waals surface area contributed by atoms with Crippen LogP contribution >= 0.6 is 11.3 Å². The summed E-state index contributed by atoms with van der Waals surface area (Å²) in [7, 11) is -3.94. The number of rotatable bonds is 10. The van der Waals surface area contributed by atoms with Crippen molar-refractivity contribution in [2.45, 2.75) is 36.4 Å². The Morgan fingerprint density at radius 3 is 2.31 bits per heavy atom. The maximum absolute atomic E-state index is 12.7. The first-order valence-corrected chi connectivity index (χ1v) is 12.6. The molecule has 0 bridgehead atoms. The fourth-order valence-corrected chi connectivity index (χ4v) is 5.47. The Morgan fingerprint density at radius 1 is 1.00 bits per heavy atom. The van der Waals surface area contributed by atoms with Gasteiger partial charge in [0.15, 0.2) is 0 Å². The highest BCUT2D eigenvalue weighted by molar-refractivity contribution is 7.92. The Hall–Kier alpha value is -2.94. The molecule has 0 aliphatic heterocycles. The summed E-state index contributed by atoms with van der Waals surface area (Å²) in [6.07, 6.45) is 3.12. The van der Waals surface area contributed by atoms with Gasteiger partial charge in [-0.2, -0.15) is 0 Å². The summed E-state index contributed by atoms with van der Waals surface area (Å²) in [6.45, 7) is 1.78. The molecule has 4 N–H and O–H groups in total. The lowest BCUT2D eigenvalue weighted by Gasteiger charge is -2.13. The van der Waals surface area contributed by atoms with Crippen LogP contribution in [-0.4, -0.2) is 20.4 Å². The van der Waals surface area contributed by atoms with Gasteiger partial charge in [0, 0.05) is 22.3 Å². The van der Waals surface area contributed by atoms with E-state index in [9.17, 15) is 13.2 Å². The molecular formula is C24H27N3O3S2. The number of anilines is 1. The number of sulfonamides is 1. The maximum atomic E-state index is 12.7. The zero-order chi connectivity index (χ0) is 23.0. The highest BCUT2D eigenvalue weighted by atomic mass is 32.2. The molecule has 3 aromatic rings. The van der Waals surface area contributed by atoms with Crippen LogP contribution in [0.15, 0.2) is 88.8 Å². The van der Waals surface area contributed by atoms with E-state index in [2.05, 4.69) is 10.0 Å². The van der Waals surface area contributed by atoms with E-state index in [-0.39, 0.29) is 16.7 Å². The summed E-state index contributed by atoms with van der Waals surface area (Å²) in [6, 6.07) is 22.4. The second-order valence-corrected chi connectivity index (χ2v) is 10.5. The SMILES string of the molecule is CC(N)/C=C(/CC(=O)NS(=O)(=O)c1ccc(CCc2ccccc2)s1)Nc1ccccc1. The minimum atomic E-state index is -3.94. The highest BCUT2D eigenvalue weighted by Crippen LogP contribution is 2.23. The van der Waals surface area contributed by atoms with Gasteiger partial charge in [0.1, 0.15) is 4.21 Å². The average Bonchev–Trinajstić information content (AvgIpc) is 3.23. The second-order valence-electron chi connectivity index (χ2n) is 7.45. The molecule has 8 heteroatoms. The van der Waals surface area contributed by atoms with Crippen LogP contribution in [0.4, 0.5) is 5.69 Å². The van der Waals surface area contributed by atoms with Crippen LogP contribution in [0.5, 0.6) is 0 Å². The molecule has 0 spiro atoms. The summed E-state index contributed by atoms with van der Waals surface area (Å²) in [5, 5.41) is 3.13. The van der Waals surface area contributed by atoms with E-state index in [1.165, 1.54) is 16.9 Å². The van der Waals surface area contributed by atoms with Crippen LogP contribution in [0.1, 0.15) is 23.8 Å². The molecule has 0 fully saturated rings. The lowest BCUT2D eigenvalue weighted by Crippen LogP contribution is -2.31. The minimum absolute atomic E-state index is 0.127. The Balaban J connectivity index is 1.62. The van der Waals surface area contributed by atoms with E-state index in [1.54, 1.807) is 25.1 Å². The number of hydrogen-bond donors (Lipinski definition) is 3. The number of carbonyl (C=O) groups excluding carboxylic acids is 1. The Labute approximate surface area is 193 Å². The lowest BCUT2D eigenvalue weighted by molar-refractivity contribution is -0.118. The fraction of sp³-hybridized carbons (Fsp3) is 0.208. The van der Waals surface area contributed by atoms with Gasteiger partial charge in [0.25, 0.3) is 10.0 Å². The van der Waals surface area contributed by atoms with Crippen LogP contribution in [0, 0.1) is 0 Å². The van der Waals surface area contributed by atoms with Gasteiger partial charge in [0.2, 0.25) is 5.91 Å². The monoisotopic (exact) mass is 469 g/mol. The molecule has 0 aliphatic carbocycles. The molecule has 1 aromatic heterocycles. The molecule has 0 radical (unpaired) electrons. The van der Waals surface area contributed by atoms with Gasteiger partial charge in [-0.3, -0.25) is 4.79 Å². The average molecular weight is 470 g/mol. The largest absolute Gasteiger partial charge is 0.359 e. The van der Waals surface area contributed by atoms with Gasteiger partial charge >= 0.3 is 0 Å². The van der Waals surface area contributed by atoms with Crippen LogP contribution < -0.4 is 15.8 Å². The molecule has 0 aliphatic rings. The van der Waals surface area contributed by atoms with E-state index in [4.69, 9.17) is 5.73 Å². The number of hydrogen-bond acceptors (Lipinski definition) is 6. The summed E-state index contributed by atoms with van der Waals surface area (Å²) >= 11 is 1.18. The lowest BCUT2D eigenvalue weighted by atomic mass is 10.1. The van der Waals surface area contributed by atoms with Crippen LogP contribution in [0.3, 0.4) is 0 Å². The smallest absolute Gasteiger partial charge is 0.273 e. The second kappa shape index (κ2) is 11.1. The molecule has 0 saturated heterocycles. The van der Waals surface area contributed by atoms with Crippen molar-refractivity contribution in [1.82, 2.24) is 4.72 Å². The normalized spacial score (nSPS) is 12.9. The molecule has 1 unspecified atom stereocenters. The number of nitrogens with two attached hydrogens (primary N) is 1. The van der Waals surface area contributed by atoms with Gasteiger partial charge < -0.3 is 11.1 Å². The number of thiophene rings is 1. The van der Waals surface area contributed by atoms with Gasteiger partial charge in [-0.05, 0) is 55.7 Å². The van der Waals surface area contributed by atoms with Crippen molar-refractivity contribution < 1.29 is 13.2 Å². The van der Waals surface area contributed by atoms with Crippen molar-refractivity contribution in [2.24, 2.45) is 5.73 Å². The Kier molecular flexibility index (Phi) is 8.21. The first-order chi connectivity index (χ1) is 15.3. The van der Waals surface area contributed by atoms with Crippen molar-refractivity contribution in [2.75, 3.05) is 5.32 Å². The van der Waals surface area contributed by atoms with Crippen molar-refractivity contribution in [3.8, 4) is 0 Å². The van der Waals surface area contributed by atoms with Crippen LogP contribution in [0.2, 0.25) is 0 Å². The summed E-state index contributed by atoms with van der Waals surface area (Å²) in [5.41, 5.74) is 8.37. The van der Waals surface area contributed by atoms with Gasteiger partial charge in [-0.1, -0.05) is 48.5 Å². The number of nitrogens with one attached hydrogen (secondary N) is 2. The topological polar surface area (TPSA) is 101 Å². The van der Waals surface area contributed by atoms with Crippen molar-refractivity contribution >= 4 is 33.0 Å². The molecule has 6 nitrogen and oxygen atoms in total. The van der Waals surface area contributed by atoms with Crippen molar-refractivity contribution in [1.29, 1.82) is 0 Å². The number of benzene rings is 2. The van der Waals surface area contributed by atoms with Crippen molar-refractivity contribution in [3.05, 3.63) is 95.0 Å². The first-order valence-electron chi connectivity index (χ1n) is 10.3. The van der Waals surface area contributed by atoms with Crippen molar-refractivity contribution in [3.63, 3.8) is 0 Å². The predicted octanol–water partition coefficient (Wildman–Crippen LogP) is 4.07. The molecule has 2 aromatic carbocycles. The molecule has 32 heavy (non-hydrogen) atoms. The van der Waals surface area contributed by atoms with Crippen LogP contribution in [0.25, 0.3) is 0 Å². The Bertz CT molecular complexity index is 1160. The van der Waals surface area contributed by atoms with E-state index in [1.807, 2.05) is 60.7 Å². The third-order valence-corrected chi connectivity index (χ3v) is 7.56. The molecule has 168 valence electrons. The first kappa shape index (κ1) is 23.7. The molecule has 1 atom stereocenters. The third-order valence-electron chi connectivity index (χ3n) is 4.55. The third kappa shape index (κ3) is 7.33. The Morgan fingerprint density at radius 2 is 1.66 bits per heavy atom. The molecule has 1 amide bonds. The number of para-hydroxylation sites is 1. The summed E-state index contributed by atoms with van der Waals surface area (Å²) < 4.78 is 27.7. The van der Waals surface area contributed by atoms with Gasteiger partial charge in [0.05, 0.1) is 6.42 Å². The van der Waals surface area contributed by atoms with Crippen LogP contribution in [-0.2, 0) is 27.7 Å². The zero-order valence-electron chi connectivity index (χ0n) is 17.8. The molecule has 0 saturated carbocycles. The summed E-state index contributed by atoms with van der Waals surface area (Å²) in [5.74, 6) is -0.625. The molecule has 3 rings (SSSR count). The molecule has 1 heterocycles. The quantitative estimate of drug-likeness (QED) is 0.415. The number of aryl methyl sites for hydroxylation is 2. The highest BCUT2D eigenvalue weighted by Gasteiger charge is 2.21. The van der Waals surface area contributed by atoms with E-state index < -0.39 is 15.9 Å². The number of carbonyl (C=O) groups is 1. The maximum Gasteiger partial charge on any atom is 0.273 e. The zero-order valence-corrected chi connectivity index (χ0v) is 19.5. The van der Waals surface area contributed by atoms with E-state index >= 15 is 0 Å². The van der Waals surface area contributed by atoms with Gasteiger partial charge in [-0.15, -0.1) is 11.3 Å². The predicted molar refractivity (Wildman–Crippen MR) is 130 cm³/mol. The van der Waals surface area contributed by atoms with E-state index in [0.717, 1.165) is 23.4 Å². The summed E-state index contributed by atoms with van der Waals surface area (Å²) in [4.78, 5) is 13.5. The molecular weight excluding hydrogens is 442 g/mol. The number of amides is 1. The van der Waals surface area contributed by atoms with E-state index in [0.29, 0.717) is 5.70 Å².